The van der Waals surface area contributed by atoms with E-state index in [0.29, 0.717) is 10.2 Å². The summed E-state index contributed by atoms with van der Waals surface area (Å²) in [6.45, 7) is 0.748. The molecule has 1 aliphatic rings. The van der Waals surface area contributed by atoms with E-state index < -0.39 is 4.92 Å². The van der Waals surface area contributed by atoms with Crippen LogP contribution in [-0.4, -0.2) is 27.5 Å². The number of nitrogens with zero attached hydrogens (tertiary/aromatic N) is 2. The Morgan fingerprint density at radius 1 is 1.65 bits per heavy atom. The van der Waals surface area contributed by atoms with Crippen LogP contribution >= 0.6 is 27.7 Å². The van der Waals surface area contributed by atoms with Crippen LogP contribution in [0, 0.1) is 10.1 Å². The summed E-state index contributed by atoms with van der Waals surface area (Å²) >= 11 is 5.10. The zero-order valence-corrected chi connectivity index (χ0v) is 11.7. The highest BCUT2D eigenvalue weighted by molar-refractivity contribution is 9.10. The highest BCUT2D eigenvalue weighted by Gasteiger charge is 2.42. The van der Waals surface area contributed by atoms with Crippen molar-refractivity contribution in [1.82, 2.24) is 4.98 Å². The minimum atomic E-state index is -0.418. The van der Waals surface area contributed by atoms with Crippen LogP contribution in [0.5, 0.6) is 0 Å². The van der Waals surface area contributed by atoms with Crippen molar-refractivity contribution in [1.29, 1.82) is 0 Å². The number of nitrogens with one attached hydrogen (secondary N) is 1. The molecule has 0 radical (unpaired) electrons. The Balaban J connectivity index is 2.17. The van der Waals surface area contributed by atoms with E-state index in [9.17, 15) is 10.1 Å². The Hall–Kier alpha value is -0.820. The summed E-state index contributed by atoms with van der Waals surface area (Å²) in [5.74, 6) is 0. The third-order valence-corrected chi connectivity index (χ3v) is 4.92. The Morgan fingerprint density at radius 3 is 2.88 bits per heavy atom. The van der Waals surface area contributed by atoms with Gasteiger partial charge in [0.05, 0.1) is 9.40 Å². The quantitative estimate of drug-likeness (QED) is 0.667. The van der Waals surface area contributed by atoms with Crippen LogP contribution in [0.2, 0.25) is 0 Å². The molecule has 0 atom stereocenters. The van der Waals surface area contributed by atoms with Crippen molar-refractivity contribution in [2.45, 2.75) is 17.6 Å². The second kappa shape index (κ2) is 4.81. The Morgan fingerprint density at radius 2 is 2.35 bits per heavy atom. The summed E-state index contributed by atoms with van der Waals surface area (Å²) in [7, 11) is 0. The molecular weight excluding hydrogens is 306 g/mol. The number of hydrogen-bond acceptors (Lipinski definition) is 5. The summed E-state index contributed by atoms with van der Waals surface area (Å²) in [5, 5.41) is 14.1. The van der Waals surface area contributed by atoms with Crippen LogP contribution in [0.4, 0.5) is 11.4 Å². The van der Waals surface area contributed by atoms with E-state index in [0.717, 1.165) is 19.4 Å². The topological polar surface area (TPSA) is 68.1 Å². The lowest BCUT2D eigenvalue weighted by atomic mass is 10.3. The molecule has 0 aliphatic heterocycles. The first-order chi connectivity index (χ1) is 8.08. The molecule has 0 aromatic carbocycles. The van der Waals surface area contributed by atoms with Gasteiger partial charge in [0.25, 0.3) is 0 Å². The molecule has 1 aromatic heterocycles. The zero-order valence-electron chi connectivity index (χ0n) is 9.27. The van der Waals surface area contributed by atoms with Crippen molar-refractivity contribution >= 4 is 39.1 Å². The normalized spacial score (nSPS) is 16.6. The van der Waals surface area contributed by atoms with Gasteiger partial charge in [-0.2, -0.15) is 11.8 Å². The van der Waals surface area contributed by atoms with Gasteiger partial charge in [-0.15, -0.1) is 0 Å². The van der Waals surface area contributed by atoms with Gasteiger partial charge in [0, 0.05) is 17.5 Å². The molecule has 0 spiro atoms. The van der Waals surface area contributed by atoms with Gasteiger partial charge < -0.3 is 5.32 Å². The summed E-state index contributed by atoms with van der Waals surface area (Å²) in [4.78, 5) is 14.3. The third-order valence-electron chi connectivity index (χ3n) is 2.90. The standard InChI is InChI=1S/C10H12BrN3O2S/c1-17-10(2-3-10)6-13-9-7(11)4-12-5-8(9)14(15)16/h4-5H,2-3,6H2,1H3,(H,12,13). The highest BCUT2D eigenvalue weighted by Crippen LogP contribution is 2.47. The van der Waals surface area contributed by atoms with Crippen molar-refractivity contribution < 1.29 is 4.92 Å². The van der Waals surface area contributed by atoms with Crippen molar-refractivity contribution in [2.24, 2.45) is 0 Å². The number of thioether (sulfide) groups is 1. The van der Waals surface area contributed by atoms with E-state index in [-0.39, 0.29) is 10.4 Å². The maximum atomic E-state index is 10.9. The van der Waals surface area contributed by atoms with Crippen LogP contribution in [0.15, 0.2) is 16.9 Å². The first kappa shape index (κ1) is 12.6. The summed E-state index contributed by atoms with van der Waals surface area (Å²) < 4.78 is 0.889. The molecule has 1 heterocycles. The van der Waals surface area contributed by atoms with Crippen LogP contribution in [0.1, 0.15) is 12.8 Å². The number of nitro groups is 1. The van der Waals surface area contributed by atoms with Gasteiger partial charge in [-0.3, -0.25) is 15.1 Å². The molecule has 1 aromatic rings. The van der Waals surface area contributed by atoms with Crippen molar-refractivity contribution in [3.63, 3.8) is 0 Å². The molecule has 2 rings (SSSR count). The highest BCUT2D eigenvalue weighted by atomic mass is 79.9. The van der Waals surface area contributed by atoms with Crippen molar-refractivity contribution in [2.75, 3.05) is 18.1 Å². The first-order valence-electron chi connectivity index (χ1n) is 5.15. The fourth-order valence-electron chi connectivity index (χ4n) is 1.58. The van der Waals surface area contributed by atoms with Gasteiger partial charge in [-0.1, -0.05) is 0 Å². The molecule has 1 saturated carbocycles. The molecule has 1 N–H and O–H groups in total. The summed E-state index contributed by atoms with van der Waals surface area (Å²) in [5.41, 5.74) is 0.529. The first-order valence-corrected chi connectivity index (χ1v) is 7.17. The Kier molecular flexibility index (Phi) is 3.58. The van der Waals surface area contributed by atoms with Crippen LogP contribution in [0.3, 0.4) is 0 Å². The molecule has 17 heavy (non-hydrogen) atoms. The van der Waals surface area contributed by atoms with Crippen molar-refractivity contribution in [3.8, 4) is 0 Å². The minimum Gasteiger partial charge on any atom is -0.377 e. The lowest BCUT2D eigenvalue weighted by Gasteiger charge is -2.14. The van der Waals surface area contributed by atoms with Gasteiger partial charge in [-0.05, 0) is 35.0 Å². The van der Waals surface area contributed by atoms with Gasteiger partial charge in [0.1, 0.15) is 11.9 Å². The Bertz CT molecular complexity index is 451. The smallest absolute Gasteiger partial charge is 0.311 e. The van der Waals surface area contributed by atoms with Crippen LogP contribution in [-0.2, 0) is 0 Å². The summed E-state index contributed by atoms with van der Waals surface area (Å²) in [6.07, 6.45) is 7.24. The second-order valence-corrected chi connectivity index (χ2v) is 6.14. The van der Waals surface area contributed by atoms with E-state index in [1.165, 1.54) is 6.20 Å². The van der Waals surface area contributed by atoms with Gasteiger partial charge in [0.15, 0.2) is 0 Å². The van der Waals surface area contributed by atoms with Gasteiger partial charge in [0.2, 0.25) is 0 Å². The van der Waals surface area contributed by atoms with E-state index in [1.807, 2.05) is 11.8 Å². The number of halogens is 1. The molecule has 7 heteroatoms. The van der Waals surface area contributed by atoms with Gasteiger partial charge >= 0.3 is 5.69 Å². The molecule has 0 amide bonds. The van der Waals surface area contributed by atoms with E-state index in [4.69, 9.17) is 0 Å². The van der Waals surface area contributed by atoms with Crippen molar-refractivity contribution in [3.05, 3.63) is 27.0 Å². The second-order valence-electron chi connectivity index (χ2n) is 4.01. The Labute approximate surface area is 112 Å². The third kappa shape index (κ3) is 2.71. The van der Waals surface area contributed by atoms with Crippen LogP contribution < -0.4 is 5.32 Å². The largest absolute Gasteiger partial charge is 0.377 e. The fourth-order valence-corrected chi connectivity index (χ4v) is 2.77. The number of aromatic nitrogens is 1. The van der Waals surface area contributed by atoms with E-state index in [1.54, 1.807) is 6.20 Å². The molecule has 0 unspecified atom stereocenters. The molecule has 5 nitrogen and oxygen atoms in total. The molecule has 0 bridgehead atoms. The van der Waals surface area contributed by atoms with Crippen LogP contribution in [0.25, 0.3) is 0 Å². The molecule has 0 saturated heterocycles. The van der Waals surface area contributed by atoms with Gasteiger partial charge in [-0.25, -0.2) is 0 Å². The maximum Gasteiger partial charge on any atom is 0.311 e. The number of pyridine rings is 1. The lowest BCUT2D eigenvalue weighted by molar-refractivity contribution is -0.384. The van der Waals surface area contributed by atoms with E-state index >= 15 is 0 Å². The monoisotopic (exact) mass is 317 g/mol. The summed E-state index contributed by atoms with van der Waals surface area (Å²) in [6, 6.07) is 0. The molecule has 92 valence electrons. The lowest BCUT2D eigenvalue weighted by Crippen LogP contribution is -2.18. The average molecular weight is 318 g/mol. The predicted octanol–water partition coefficient (Wildman–Crippen LogP) is 3.06. The molecule has 1 fully saturated rings. The number of hydrogen-bond donors (Lipinski definition) is 1. The zero-order chi connectivity index (χ0) is 12.5. The fraction of sp³-hybridized carbons (Fsp3) is 0.500. The average Bonchev–Trinajstić information content (AvgIpc) is 3.08. The van der Waals surface area contributed by atoms with E-state index in [2.05, 4.69) is 32.5 Å². The molecule has 1 aliphatic carbocycles. The SMILES string of the molecule is CSC1(CNc2c(Br)cncc2[N+](=O)[O-])CC1. The predicted molar refractivity (Wildman–Crippen MR) is 72.6 cm³/mol. The number of rotatable bonds is 5. The maximum absolute atomic E-state index is 10.9. The molecular formula is C10H12BrN3O2S. The minimum absolute atomic E-state index is 0.0104. The number of anilines is 1.